The van der Waals surface area contributed by atoms with Crippen molar-refractivity contribution in [1.29, 1.82) is 0 Å². The van der Waals surface area contributed by atoms with Crippen molar-refractivity contribution in [1.82, 2.24) is 14.9 Å². The summed E-state index contributed by atoms with van der Waals surface area (Å²) >= 11 is 5.86. The lowest BCUT2D eigenvalue weighted by Gasteiger charge is -2.24. The van der Waals surface area contributed by atoms with Gasteiger partial charge in [0, 0.05) is 44.2 Å². The Labute approximate surface area is 160 Å². The van der Waals surface area contributed by atoms with E-state index in [1.807, 2.05) is 14.0 Å². The molecule has 1 aliphatic rings. The SMILES string of the molecule is CCNC(=NCCNS(=O)(=O)c1cccc(Cl)c1)N(C)CC1CCOC1. The summed E-state index contributed by atoms with van der Waals surface area (Å²) in [5.74, 6) is 1.27. The lowest BCUT2D eigenvalue weighted by Crippen LogP contribution is -2.42. The minimum absolute atomic E-state index is 0.152. The van der Waals surface area contributed by atoms with E-state index in [2.05, 4.69) is 19.9 Å². The zero-order chi connectivity index (χ0) is 19.0. The number of hydrogen-bond acceptors (Lipinski definition) is 4. The van der Waals surface area contributed by atoms with Gasteiger partial charge in [0.05, 0.1) is 18.0 Å². The average molecular weight is 403 g/mol. The highest BCUT2D eigenvalue weighted by Crippen LogP contribution is 2.15. The Kier molecular flexibility index (Phi) is 8.15. The molecule has 0 aromatic heterocycles. The van der Waals surface area contributed by atoms with Gasteiger partial charge in [0.1, 0.15) is 0 Å². The van der Waals surface area contributed by atoms with Crippen LogP contribution in [0.1, 0.15) is 13.3 Å². The van der Waals surface area contributed by atoms with Crippen LogP contribution in [0.4, 0.5) is 0 Å². The second-order valence-electron chi connectivity index (χ2n) is 6.20. The Morgan fingerprint density at radius 3 is 2.92 bits per heavy atom. The summed E-state index contributed by atoms with van der Waals surface area (Å²) in [5.41, 5.74) is 0. The summed E-state index contributed by atoms with van der Waals surface area (Å²) in [6, 6.07) is 6.19. The molecule has 1 heterocycles. The monoisotopic (exact) mass is 402 g/mol. The largest absolute Gasteiger partial charge is 0.381 e. The predicted molar refractivity (Wildman–Crippen MR) is 104 cm³/mol. The van der Waals surface area contributed by atoms with Crippen LogP contribution in [-0.2, 0) is 14.8 Å². The van der Waals surface area contributed by atoms with Crippen molar-refractivity contribution in [2.24, 2.45) is 10.9 Å². The first-order chi connectivity index (χ1) is 12.4. The molecular weight excluding hydrogens is 376 g/mol. The maximum Gasteiger partial charge on any atom is 0.240 e. The van der Waals surface area contributed by atoms with E-state index >= 15 is 0 Å². The maximum atomic E-state index is 12.3. The lowest BCUT2D eigenvalue weighted by atomic mass is 10.1. The van der Waals surface area contributed by atoms with Crippen LogP contribution in [0.15, 0.2) is 34.2 Å². The van der Waals surface area contributed by atoms with Crippen LogP contribution in [-0.4, -0.2) is 65.7 Å². The minimum Gasteiger partial charge on any atom is -0.381 e. The van der Waals surface area contributed by atoms with E-state index in [4.69, 9.17) is 16.3 Å². The Balaban J connectivity index is 1.88. The maximum absolute atomic E-state index is 12.3. The number of hydrogen-bond donors (Lipinski definition) is 2. The molecule has 1 saturated heterocycles. The molecule has 2 N–H and O–H groups in total. The zero-order valence-corrected chi connectivity index (χ0v) is 16.8. The van der Waals surface area contributed by atoms with Gasteiger partial charge in [-0.1, -0.05) is 17.7 Å². The van der Waals surface area contributed by atoms with Gasteiger partial charge in [-0.05, 0) is 31.5 Å². The topological polar surface area (TPSA) is 83.0 Å². The second kappa shape index (κ2) is 10.1. The van der Waals surface area contributed by atoms with Gasteiger partial charge in [-0.15, -0.1) is 0 Å². The fourth-order valence-corrected chi connectivity index (χ4v) is 4.05. The third kappa shape index (κ3) is 6.42. The third-order valence-corrected chi connectivity index (χ3v) is 5.72. The van der Waals surface area contributed by atoms with Crippen molar-refractivity contribution in [3.05, 3.63) is 29.3 Å². The summed E-state index contributed by atoms with van der Waals surface area (Å²) in [5, 5.41) is 3.62. The number of aliphatic imine (C=N–C) groups is 1. The Morgan fingerprint density at radius 2 is 2.27 bits per heavy atom. The van der Waals surface area contributed by atoms with Crippen molar-refractivity contribution in [2.75, 3.05) is 46.4 Å². The Morgan fingerprint density at radius 1 is 1.46 bits per heavy atom. The molecule has 0 bridgehead atoms. The first kappa shape index (κ1) is 21.0. The van der Waals surface area contributed by atoms with Crippen LogP contribution >= 0.6 is 11.6 Å². The molecule has 9 heteroatoms. The van der Waals surface area contributed by atoms with Crippen LogP contribution in [0.25, 0.3) is 0 Å². The molecule has 146 valence electrons. The van der Waals surface area contributed by atoms with Crippen molar-refractivity contribution in [3.8, 4) is 0 Å². The van der Waals surface area contributed by atoms with E-state index < -0.39 is 10.0 Å². The second-order valence-corrected chi connectivity index (χ2v) is 8.40. The molecule has 1 fully saturated rings. The van der Waals surface area contributed by atoms with Gasteiger partial charge in [-0.25, -0.2) is 13.1 Å². The molecule has 1 unspecified atom stereocenters. The Bertz CT molecular complexity index is 706. The molecule has 0 spiro atoms. The lowest BCUT2D eigenvalue weighted by molar-refractivity contribution is 0.181. The van der Waals surface area contributed by atoms with Gasteiger partial charge in [-0.3, -0.25) is 4.99 Å². The number of nitrogens with zero attached hydrogens (tertiary/aromatic N) is 2. The van der Waals surface area contributed by atoms with E-state index in [9.17, 15) is 8.42 Å². The predicted octanol–water partition coefficient (Wildman–Crippen LogP) is 1.55. The fraction of sp³-hybridized carbons (Fsp3) is 0.588. The van der Waals surface area contributed by atoms with Crippen LogP contribution < -0.4 is 10.0 Å². The van der Waals surface area contributed by atoms with Crippen molar-refractivity contribution < 1.29 is 13.2 Å². The molecule has 0 saturated carbocycles. The van der Waals surface area contributed by atoms with Gasteiger partial charge in [-0.2, -0.15) is 0 Å². The molecule has 1 aliphatic heterocycles. The van der Waals surface area contributed by atoms with Crippen molar-refractivity contribution in [2.45, 2.75) is 18.2 Å². The first-order valence-electron chi connectivity index (χ1n) is 8.75. The van der Waals surface area contributed by atoms with E-state index in [1.54, 1.807) is 12.1 Å². The summed E-state index contributed by atoms with van der Waals surface area (Å²) < 4.78 is 32.5. The molecule has 1 aromatic carbocycles. The van der Waals surface area contributed by atoms with E-state index in [-0.39, 0.29) is 11.4 Å². The number of halogens is 1. The summed E-state index contributed by atoms with van der Waals surface area (Å²) in [4.78, 5) is 6.72. The molecule has 26 heavy (non-hydrogen) atoms. The fourth-order valence-electron chi connectivity index (χ4n) is 2.73. The number of nitrogens with one attached hydrogen (secondary N) is 2. The van der Waals surface area contributed by atoms with Gasteiger partial charge in [0.2, 0.25) is 10.0 Å². The van der Waals surface area contributed by atoms with E-state index in [1.165, 1.54) is 12.1 Å². The molecule has 2 rings (SSSR count). The average Bonchev–Trinajstić information content (AvgIpc) is 3.10. The molecule has 1 atom stereocenters. The third-order valence-electron chi connectivity index (χ3n) is 4.02. The Hall–Kier alpha value is -1.35. The number of ether oxygens (including phenoxy) is 1. The van der Waals surface area contributed by atoms with Crippen LogP contribution in [0.3, 0.4) is 0 Å². The molecule has 1 aromatic rings. The minimum atomic E-state index is -3.59. The van der Waals surface area contributed by atoms with E-state index in [0.29, 0.717) is 17.5 Å². The zero-order valence-electron chi connectivity index (χ0n) is 15.2. The molecular formula is C17H27ClN4O3S. The van der Waals surface area contributed by atoms with Gasteiger partial charge in [0.25, 0.3) is 0 Å². The molecule has 0 amide bonds. The summed E-state index contributed by atoms with van der Waals surface area (Å²) in [7, 11) is -1.60. The van der Waals surface area contributed by atoms with Crippen LogP contribution in [0, 0.1) is 5.92 Å². The van der Waals surface area contributed by atoms with Gasteiger partial charge >= 0.3 is 0 Å². The molecule has 7 nitrogen and oxygen atoms in total. The number of sulfonamides is 1. The van der Waals surface area contributed by atoms with Gasteiger partial charge in [0.15, 0.2) is 5.96 Å². The molecule has 0 aliphatic carbocycles. The quantitative estimate of drug-likeness (QED) is 0.391. The number of benzene rings is 1. The molecule has 0 radical (unpaired) electrons. The normalized spacial score (nSPS) is 18.1. The smallest absolute Gasteiger partial charge is 0.240 e. The summed E-state index contributed by atoms with van der Waals surface area (Å²) in [6.07, 6.45) is 1.06. The van der Waals surface area contributed by atoms with Gasteiger partial charge < -0.3 is 15.0 Å². The first-order valence-corrected chi connectivity index (χ1v) is 10.6. The van der Waals surface area contributed by atoms with Crippen molar-refractivity contribution >= 4 is 27.6 Å². The van der Waals surface area contributed by atoms with Crippen LogP contribution in [0.5, 0.6) is 0 Å². The van der Waals surface area contributed by atoms with Crippen LogP contribution in [0.2, 0.25) is 5.02 Å². The highest BCUT2D eigenvalue weighted by Gasteiger charge is 2.19. The number of rotatable bonds is 8. The van der Waals surface area contributed by atoms with Crippen molar-refractivity contribution in [3.63, 3.8) is 0 Å². The highest BCUT2D eigenvalue weighted by atomic mass is 35.5. The number of guanidine groups is 1. The summed E-state index contributed by atoms with van der Waals surface area (Å²) in [6.45, 7) is 5.76. The van der Waals surface area contributed by atoms with E-state index in [0.717, 1.165) is 38.7 Å². The highest BCUT2D eigenvalue weighted by molar-refractivity contribution is 7.89. The standard InChI is InChI=1S/C17H27ClN4O3S/c1-3-19-17(22(2)12-14-7-10-25-13-14)20-8-9-21-26(23,24)16-6-4-5-15(18)11-16/h4-6,11,14,21H,3,7-10,12-13H2,1-2H3,(H,19,20).